The fourth-order valence-electron chi connectivity index (χ4n) is 3.92. The van der Waals surface area contributed by atoms with Crippen molar-refractivity contribution in [3.8, 4) is 16.9 Å². The van der Waals surface area contributed by atoms with Crippen molar-refractivity contribution in [2.45, 2.75) is 20.3 Å². The number of nitrogens with zero attached hydrogens (tertiary/aromatic N) is 1. The lowest BCUT2D eigenvalue weighted by molar-refractivity contribution is 0.0953. The normalized spacial score (nSPS) is 10.9. The number of halogens is 3. The van der Waals surface area contributed by atoms with Crippen molar-refractivity contribution in [1.29, 1.82) is 0 Å². The first-order valence-electron chi connectivity index (χ1n) is 10.6. The minimum absolute atomic E-state index is 0.125. The van der Waals surface area contributed by atoms with E-state index in [1.807, 2.05) is 55.5 Å². The summed E-state index contributed by atoms with van der Waals surface area (Å²) in [4.78, 5) is 13.2. The molecule has 168 valence electrons. The summed E-state index contributed by atoms with van der Waals surface area (Å²) >= 11 is 18.3. The third-order valence-electron chi connectivity index (χ3n) is 5.68. The molecule has 4 rings (SSSR count). The largest absolute Gasteiger partial charge is 0.352 e. The van der Waals surface area contributed by atoms with Crippen molar-refractivity contribution in [3.63, 3.8) is 0 Å². The molecule has 0 atom stereocenters. The molecular weight excluding hydrogens is 475 g/mol. The van der Waals surface area contributed by atoms with Crippen LogP contribution in [0.5, 0.6) is 0 Å². The summed E-state index contributed by atoms with van der Waals surface area (Å²) in [5.74, 6) is -0.125. The van der Waals surface area contributed by atoms with E-state index in [0.717, 1.165) is 33.8 Å². The number of aromatic nitrogens is 1. The second-order valence-electron chi connectivity index (χ2n) is 7.90. The lowest BCUT2D eigenvalue weighted by Gasteiger charge is -2.15. The average molecular weight is 498 g/mol. The summed E-state index contributed by atoms with van der Waals surface area (Å²) in [5, 5.41) is 4.90. The smallest absolute Gasteiger partial charge is 0.253 e. The van der Waals surface area contributed by atoms with E-state index in [1.165, 1.54) is 0 Å². The molecule has 33 heavy (non-hydrogen) atoms. The first-order valence-corrected chi connectivity index (χ1v) is 11.7. The molecule has 0 aliphatic rings. The lowest BCUT2D eigenvalue weighted by Crippen LogP contribution is -2.26. The lowest BCUT2D eigenvalue weighted by atomic mass is 10.1. The Kier molecular flexibility index (Phi) is 7.14. The maximum absolute atomic E-state index is 13.2. The molecule has 0 fully saturated rings. The molecule has 0 aliphatic heterocycles. The van der Waals surface area contributed by atoms with E-state index in [0.29, 0.717) is 33.6 Å². The van der Waals surface area contributed by atoms with Gasteiger partial charge in [-0.25, -0.2) is 0 Å². The Morgan fingerprint density at radius 3 is 2.27 bits per heavy atom. The van der Waals surface area contributed by atoms with E-state index in [1.54, 1.807) is 12.1 Å². The van der Waals surface area contributed by atoms with Gasteiger partial charge in [-0.1, -0.05) is 71.2 Å². The Morgan fingerprint density at radius 1 is 0.879 bits per heavy atom. The third-order valence-corrected chi connectivity index (χ3v) is 6.52. The van der Waals surface area contributed by atoms with Crippen LogP contribution >= 0.6 is 34.8 Å². The Labute approximate surface area is 208 Å². The highest BCUT2D eigenvalue weighted by Crippen LogP contribution is 2.31. The second kappa shape index (κ2) is 10.0. The number of nitrogens with one attached hydrogen (secondary N) is 1. The molecule has 1 N–H and O–H groups in total. The van der Waals surface area contributed by atoms with E-state index < -0.39 is 0 Å². The topological polar surface area (TPSA) is 34.0 Å². The maximum Gasteiger partial charge on any atom is 0.253 e. The number of rotatable bonds is 6. The quantitative estimate of drug-likeness (QED) is 0.291. The molecule has 6 heteroatoms. The summed E-state index contributed by atoms with van der Waals surface area (Å²) in [6.07, 6.45) is 0.614. The Morgan fingerprint density at radius 2 is 1.58 bits per heavy atom. The molecule has 0 bridgehead atoms. The van der Waals surface area contributed by atoms with Crippen LogP contribution in [0, 0.1) is 13.8 Å². The van der Waals surface area contributed by atoms with Crippen molar-refractivity contribution in [3.05, 3.63) is 110 Å². The van der Waals surface area contributed by atoms with Crippen LogP contribution in [0.2, 0.25) is 15.1 Å². The number of carbonyl (C=O) groups excluding carboxylic acids is 1. The molecule has 1 amide bonds. The molecule has 0 radical (unpaired) electrons. The monoisotopic (exact) mass is 496 g/mol. The number of hydrogen-bond donors (Lipinski definition) is 1. The van der Waals surface area contributed by atoms with Gasteiger partial charge in [0.1, 0.15) is 0 Å². The van der Waals surface area contributed by atoms with Gasteiger partial charge >= 0.3 is 0 Å². The van der Waals surface area contributed by atoms with Crippen LogP contribution in [-0.4, -0.2) is 17.0 Å². The zero-order valence-corrected chi connectivity index (χ0v) is 20.6. The van der Waals surface area contributed by atoms with Gasteiger partial charge in [0.2, 0.25) is 0 Å². The molecule has 3 nitrogen and oxygen atoms in total. The highest BCUT2D eigenvalue weighted by atomic mass is 35.5. The molecule has 3 aromatic carbocycles. The molecular formula is C27H23Cl3N2O. The van der Waals surface area contributed by atoms with Gasteiger partial charge in [0.15, 0.2) is 0 Å². The summed E-state index contributed by atoms with van der Waals surface area (Å²) in [7, 11) is 0. The van der Waals surface area contributed by atoms with Crippen molar-refractivity contribution >= 4 is 40.7 Å². The predicted molar refractivity (Wildman–Crippen MR) is 138 cm³/mol. The molecule has 0 saturated carbocycles. The molecule has 0 unspecified atom stereocenters. The van der Waals surface area contributed by atoms with Gasteiger partial charge < -0.3 is 9.88 Å². The zero-order chi connectivity index (χ0) is 23.5. The molecule has 4 aromatic rings. The number of carbonyl (C=O) groups is 1. The summed E-state index contributed by atoms with van der Waals surface area (Å²) in [5.41, 5.74) is 6.52. The van der Waals surface area contributed by atoms with Gasteiger partial charge in [0, 0.05) is 33.0 Å². The van der Waals surface area contributed by atoms with E-state index >= 15 is 0 Å². The Bertz CT molecular complexity index is 1310. The fraction of sp³-hybridized carbons (Fsp3) is 0.148. The minimum atomic E-state index is -0.125. The summed E-state index contributed by atoms with van der Waals surface area (Å²) in [6, 6.07) is 23.1. The molecule has 0 aliphatic carbocycles. The van der Waals surface area contributed by atoms with Gasteiger partial charge in [-0.15, -0.1) is 0 Å². The maximum atomic E-state index is 13.2. The first kappa shape index (κ1) is 23.4. The van der Waals surface area contributed by atoms with E-state index in [4.69, 9.17) is 34.8 Å². The standard InChI is InChI=1S/C27H23Cl3N2O/c1-17-5-3-4-6-25(17)32-18(2)23(16-26(32)20-8-10-21(28)11-9-20)27(33)31-14-13-19-7-12-22(29)15-24(19)30/h3-12,15-16H,13-14H2,1-2H3,(H,31,33). The van der Waals surface area contributed by atoms with Crippen LogP contribution in [0.25, 0.3) is 16.9 Å². The van der Waals surface area contributed by atoms with Crippen LogP contribution < -0.4 is 5.32 Å². The van der Waals surface area contributed by atoms with Gasteiger partial charge in [-0.2, -0.15) is 0 Å². The first-order chi connectivity index (χ1) is 15.8. The SMILES string of the molecule is Cc1ccccc1-n1c(-c2ccc(Cl)cc2)cc(C(=O)NCCc2ccc(Cl)cc2Cl)c1C. The third kappa shape index (κ3) is 5.11. The van der Waals surface area contributed by atoms with Crippen LogP contribution in [0.15, 0.2) is 72.8 Å². The van der Waals surface area contributed by atoms with Crippen LogP contribution in [0.3, 0.4) is 0 Å². The number of amides is 1. The average Bonchev–Trinajstić information content (AvgIpc) is 3.13. The van der Waals surface area contributed by atoms with Crippen molar-refractivity contribution in [1.82, 2.24) is 9.88 Å². The number of hydrogen-bond acceptors (Lipinski definition) is 1. The number of benzene rings is 3. The Hall–Kier alpha value is -2.72. The van der Waals surface area contributed by atoms with Gasteiger partial charge in [0.25, 0.3) is 5.91 Å². The second-order valence-corrected chi connectivity index (χ2v) is 9.18. The fourth-order valence-corrected chi connectivity index (χ4v) is 4.55. The van der Waals surface area contributed by atoms with Gasteiger partial charge in [0.05, 0.1) is 11.3 Å². The van der Waals surface area contributed by atoms with Crippen LogP contribution in [0.4, 0.5) is 0 Å². The number of para-hydroxylation sites is 1. The van der Waals surface area contributed by atoms with Gasteiger partial charge in [-0.3, -0.25) is 4.79 Å². The molecule has 1 aromatic heterocycles. The summed E-state index contributed by atoms with van der Waals surface area (Å²) < 4.78 is 2.13. The zero-order valence-electron chi connectivity index (χ0n) is 18.3. The summed E-state index contributed by atoms with van der Waals surface area (Å²) in [6.45, 7) is 4.50. The molecule has 0 spiro atoms. The highest BCUT2D eigenvalue weighted by molar-refractivity contribution is 6.35. The van der Waals surface area contributed by atoms with Crippen molar-refractivity contribution < 1.29 is 4.79 Å². The van der Waals surface area contributed by atoms with Crippen LogP contribution in [0.1, 0.15) is 27.2 Å². The predicted octanol–water partition coefficient (Wildman–Crippen LogP) is 7.69. The van der Waals surface area contributed by atoms with E-state index in [-0.39, 0.29) is 5.91 Å². The minimum Gasteiger partial charge on any atom is -0.352 e. The molecule has 1 heterocycles. The van der Waals surface area contributed by atoms with Crippen molar-refractivity contribution in [2.75, 3.05) is 6.54 Å². The van der Waals surface area contributed by atoms with Crippen LogP contribution in [-0.2, 0) is 6.42 Å². The Balaban J connectivity index is 1.65. The molecule has 0 saturated heterocycles. The van der Waals surface area contributed by atoms with Crippen molar-refractivity contribution in [2.24, 2.45) is 0 Å². The van der Waals surface area contributed by atoms with Gasteiger partial charge in [-0.05, 0) is 73.4 Å². The van der Waals surface area contributed by atoms with E-state index in [9.17, 15) is 4.79 Å². The highest BCUT2D eigenvalue weighted by Gasteiger charge is 2.20. The number of aryl methyl sites for hydroxylation is 1. The van der Waals surface area contributed by atoms with E-state index in [2.05, 4.69) is 28.9 Å².